The van der Waals surface area contributed by atoms with Crippen LogP contribution in [0, 0.1) is 0 Å². The number of aryl methyl sites for hydroxylation is 2. The van der Waals surface area contributed by atoms with Crippen LogP contribution in [0.2, 0.25) is 0 Å². The SMILES string of the molecule is COC1=C2C(=O)N=C(CCc3nc(-c4ccccc4)cn3C)N=C2C=CC1Cl. The van der Waals surface area contributed by atoms with E-state index in [1.54, 1.807) is 12.2 Å². The highest BCUT2D eigenvalue weighted by atomic mass is 35.5. The van der Waals surface area contributed by atoms with E-state index < -0.39 is 5.38 Å². The molecule has 1 aromatic carbocycles. The molecule has 4 rings (SSSR count). The predicted octanol–water partition coefficient (Wildman–Crippen LogP) is 3.48. The van der Waals surface area contributed by atoms with Crippen LogP contribution in [0.25, 0.3) is 11.3 Å². The van der Waals surface area contributed by atoms with Gasteiger partial charge in [0.2, 0.25) is 0 Å². The van der Waals surface area contributed by atoms with Crippen molar-refractivity contribution in [2.75, 3.05) is 7.11 Å². The number of nitrogens with zero attached hydrogens (tertiary/aromatic N) is 4. The number of aromatic nitrogens is 2. The normalized spacial score (nSPS) is 18.7. The highest BCUT2D eigenvalue weighted by molar-refractivity contribution is 6.35. The minimum absolute atomic E-state index is 0.345. The van der Waals surface area contributed by atoms with Crippen LogP contribution in [0.15, 0.2) is 70.0 Å². The zero-order valence-electron chi connectivity index (χ0n) is 15.6. The van der Waals surface area contributed by atoms with Crippen molar-refractivity contribution in [3.8, 4) is 11.3 Å². The van der Waals surface area contributed by atoms with Crippen LogP contribution in [0.1, 0.15) is 12.2 Å². The molecule has 0 N–H and O–H groups in total. The number of amidine groups is 1. The molecular weight excluding hydrogens is 376 g/mol. The van der Waals surface area contributed by atoms with Crippen molar-refractivity contribution in [3.05, 3.63) is 65.8 Å². The van der Waals surface area contributed by atoms with E-state index >= 15 is 0 Å². The summed E-state index contributed by atoms with van der Waals surface area (Å²) in [5.74, 6) is 1.43. The molecule has 0 saturated heterocycles. The smallest absolute Gasteiger partial charge is 0.284 e. The number of halogens is 1. The van der Waals surface area contributed by atoms with Crippen LogP contribution < -0.4 is 0 Å². The van der Waals surface area contributed by atoms with E-state index in [9.17, 15) is 4.79 Å². The summed E-state index contributed by atoms with van der Waals surface area (Å²) in [5, 5.41) is -0.483. The molecule has 28 heavy (non-hydrogen) atoms. The van der Waals surface area contributed by atoms with Crippen LogP contribution >= 0.6 is 11.6 Å². The van der Waals surface area contributed by atoms with E-state index in [0.717, 1.165) is 17.1 Å². The molecule has 0 bridgehead atoms. The van der Waals surface area contributed by atoms with Gasteiger partial charge in [0.15, 0.2) is 0 Å². The zero-order valence-corrected chi connectivity index (χ0v) is 16.3. The number of rotatable bonds is 5. The lowest BCUT2D eigenvalue weighted by Crippen LogP contribution is -2.26. The molecule has 2 aromatic rings. The first-order valence-electron chi connectivity index (χ1n) is 8.96. The molecule has 1 amide bonds. The van der Waals surface area contributed by atoms with Crippen molar-refractivity contribution in [1.82, 2.24) is 9.55 Å². The first kappa shape index (κ1) is 18.4. The summed E-state index contributed by atoms with van der Waals surface area (Å²) < 4.78 is 7.27. The van der Waals surface area contributed by atoms with E-state index in [4.69, 9.17) is 21.3 Å². The van der Waals surface area contributed by atoms with Crippen LogP contribution in [0.3, 0.4) is 0 Å². The average Bonchev–Trinajstić information content (AvgIpc) is 3.08. The second kappa shape index (κ2) is 7.56. The number of benzene rings is 1. The summed E-state index contributed by atoms with van der Waals surface area (Å²) in [4.78, 5) is 25.9. The van der Waals surface area contributed by atoms with Crippen molar-refractivity contribution in [3.63, 3.8) is 0 Å². The van der Waals surface area contributed by atoms with E-state index in [1.807, 2.05) is 48.1 Å². The number of alkyl halides is 1. The Bertz CT molecular complexity index is 1050. The van der Waals surface area contributed by atoms with Crippen molar-refractivity contribution in [1.29, 1.82) is 0 Å². The molecule has 1 aromatic heterocycles. The maximum absolute atomic E-state index is 12.5. The quantitative estimate of drug-likeness (QED) is 0.729. The van der Waals surface area contributed by atoms with Gasteiger partial charge in [0, 0.05) is 31.6 Å². The van der Waals surface area contributed by atoms with Gasteiger partial charge in [-0.05, 0) is 6.08 Å². The highest BCUT2D eigenvalue weighted by Gasteiger charge is 2.30. The topological polar surface area (TPSA) is 68.8 Å². The second-order valence-corrected chi connectivity index (χ2v) is 7.02. The molecule has 0 radical (unpaired) electrons. The summed E-state index contributed by atoms with van der Waals surface area (Å²) in [6, 6.07) is 10.0. The number of ether oxygens (including phenoxy) is 1. The van der Waals surface area contributed by atoms with Gasteiger partial charge in [-0.2, -0.15) is 4.99 Å². The van der Waals surface area contributed by atoms with Gasteiger partial charge in [-0.3, -0.25) is 4.79 Å². The number of allylic oxidation sites excluding steroid dienone is 2. The first-order chi connectivity index (χ1) is 13.6. The Morgan fingerprint density at radius 2 is 1.96 bits per heavy atom. The van der Waals surface area contributed by atoms with Gasteiger partial charge < -0.3 is 9.30 Å². The molecule has 1 atom stereocenters. The maximum atomic E-state index is 12.5. The number of imidazole rings is 1. The summed E-state index contributed by atoms with van der Waals surface area (Å²) in [6.45, 7) is 0. The Balaban J connectivity index is 1.53. The number of hydrogen-bond donors (Lipinski definition) is 0. The number of fused-ring (bicyclic) bond motifs is 1. The summed E-state index contributed by atoms with van der Waals surface area (Å²) >= 11 is 6.18. The predicted molar refractivity (Wildman–Crippen MR) is 110 cm³/mol. The van der Waals surface area contributed by atoms with Crippen molar-refractivity contribution < 1.29 is 9.53 Å². The molecular formula is C21H19ClN4O2. The lowest BCUT2D eigenvalue weighted by Gasteiger charge is -2.21. The molecule has 6 nitrogen and oxygen atoms in total. The highest BCUT2D eigenvalue weighted by Crippen LogP contribution is 2.27. The second-order valence-electron chi connectivity index (χ2n) is 6.55. The number of methoxy groups -OCH3 is 1. The Morgan fingerprint density at radius 1 is 1.18 bits per heavy atom. The lowest BCUT2D eigenvalue weighted by atomic mass is 9.99. The molecule has 142 valence electrons. The van der Waals surface area contributed by atoms with E-state index in [1.165, 1.54) is 7.11 Å². The molecule has 0 fully saturated rings. The number of hydrogen-bond acceptors (Lipinski definition) is 4. The minimum Gasteiger partial charge on any atom is -0.498 e. The van der Waals surface area contributed by atoms with Crippen LogP contribution in [0.5, 0.6) is 0 Å². The fourth-order valence-corrected chi connectivity index (χ4v) is 3.56. The third-order valence-corrected chi connectivity index (χ3v) is 5.05. The number of carbonyl (C=O) groups is 1. The van der Waals surface area contributed by atoms with E-state index in [-0.39, 0.29) is 5.91 Å². The summed E-state index contributed by atoms with van der Waals surface area (Å²) in [6.07, 6.45) is 6.65. The fourth-order valence-electron chi connectivity index (χ4n) is 3.29. The Labute approximate surface area is 167 Å². The van der Waals surface area contributed by atoms with Crippen LogP contribution in [-0.4, -0.2) is 39.5 Å². The molecule has 1 aliphatic carbocycles. The number of aliphatic imine (C=N–C) groups is 2. The molecule has 0 saturated carbocycles. The largest absolute Gasteiger partial charge is 0.498 e. The maximum Gasteiger partial charge on any atom is 0.284 e. The zero-order chi connectivity index (χ0) is 19.7. The van der Waals surface area contributed by atoms with Gasteiger partial charge >= 0.3 is 0 Å². The van der Waals surface area contributed by atoms with Gasteiger partial charge in [-0.25, -0.2) is 9.98 Å². The molecule has 7 heteroatoms. The molecule has 1 unspecified atom stereocenters. The Morgan fingerprint density at radius 3 is 2.71 bits per heavy atom. The van der Waals surface area contributed by atoms with Gasteiger partial charge in [-0.15, -0.1) is 11.6 Å². The van der Waals surface area contributed by atoms with Gasteiger partial charge in [0.1, 0.15) is 28.4 Å². The fraction of sp³-hybridized carbons (Fsp3) is 0.238. The Kier molecular flexibility index (Phi) is 4.96. The van der Waals surface area contributed by atoms with Crippen LogP contribution in [0.4, 0.5) is 0 Å². The standard InChI is InChI=1S/C21H19ClN4O2/c1-26-12-16(13-6-4-3-5-7-13)24-18(26)11-10-17-23-15-9-8-14(22)20(28-2)19(15)21(27)25-17/h3-9,12,14H,10-11H2,1-2H3. The molecule has 0 spiro atoms. The number of carbonyl (C=O) groups excluding carboxylic acids is 1. The van der Waals surface area contributed by atoms with Crippen molar-refractivity contribution >= 4 is 29.1 Å². The molecule has 2 aliphatic rings. The van der Waals surface area contributed by atoms with Gasteiger partial charge in [0.05, 0.1) is 18.5 Å². The minimum atomic E-state index is -0.483. The molecule has 1 aliphatic heterocycles. The van der Waals surface area contributed by atoms with E-state index in [2.05, 4.69) is 9.98 Å². The van der Waals surface area contributed by atoms with Crippen molar-refractivity contribution in [2.24, 2.45) is 17.0 Å². The monoisotopic (exact) mass is 394 g/mol. The third kappa shape index (κ3) is 3.43. The lowest BCUT2D eigenvalue weighted by molar-refractivity contribution is -0.114. The summed E-state index contributed by atoms with van der Waals surface area (Å²) in [7, 11) is 3.46. The third-order valence-electron chi connectivity index (χ3n) is 4.70. The first-order valence-corrected chi connectivity index (χ1v) is 9.39. The Hall–Kier alpha value is -2.99. The van der Waals surface area contributed by atoms with Crippen molar-refractivity contribution in [2.45, 2.75) is 18.2 Å². The summed E-state index contributed by atoms with van der Waals surface area (Å²) in [5.41, 5.74) is 2.88. The molecule has 2 heterocycles. The number of amides is 1. The average molecular weight is 395 g/mol. The van der Waals surface area contributed by atoms with Gasteiger partial charge in [-0.1, -0.05) is 36.4 Å². The van der Waals surface area contributed by atoms with E-state index in [0.29, 0.717) is 35.7 Å². The van der Waals surface area contributed by atoms with Gasteiger partial charge in [0.25, 0.3) is 5.91 Å². The van der Waals surface area contributed by atoms with Crippen LogP contribution in [-0.2, 0) is 23.0 Å².